The number of amides is 1. The minimum atomic E-state index is -0.840. The minimum Gasteiger partial charge on any atom is -0.508 e. The molecule has 1 N–H and O–H groups in total. The normalized spacial score (nSPS) is 19.0. The lowest BCUT2D eigenvalue weighted by Crippen LogP contribution is -2.47. The summed E-state index contributed by atoms with van der Waals surface area (Å²) in [7, 11) is 0. The zero-order valence-corrected chi connectivity index (χ0v) is 15.7. The summed E-state index contributed by atoms with van der Waals surface area (Å²) in [5.41, 5.74) is 1.13. The SMILES string of the molecule is O=C(c1ccccc1)N1CC(COc2ccccc2)OC(c2cccc(O)c2)O1. The lowest BCUT2D eigenvalue weighted by Gasteiger charge is -2.37. The van der Waals surface area contributed by atoms with E-state index < -0.39 is 12.4 Å². The number of carbonyl (C=O) groups is 1. The van der Waals surface area contributed by atoms with E-state index >= 15 is 0 Å². The molecule has 1 aliphatic rings. The van der Waals surface area contributed by atoms with E-state index in [1.54, 1.807) is 48.5 Å². The van der Waals surface area contributed by atoms with Gasteiger partial charge in [0.1, 0.15) is 24.2 Å². The van der Waals surface area contributed by atoms with Crippen molar-refractivity contribution in [1.82, 2.24) is 5.06 Å². The van der Waals surface area contributed by atoms with E-state index in [1.165, 1.54) is 5.06 Å². The predicted molar refractivity (Wildman–Crippen MR) is 106 cm³/mol. The molecule has 1 aliphatic heterocycles. The number of para-hydroxylation sites is 1. The third-order valence-corrected chi connectivity index (χ3v) is 4.48. The van der Waals surface area contributed by atoms with Crippen LogP contribution < -0.4 is 4.74 Å². The zero-order valence-electron chi connectivity index (χ0n) is 15.7. The molecule has 4 rings (SSSR count). The second-order valence-corrected chi connectivity index (χ2v) is 6.65. The third-order valence-electron chi connectivity index (χ3n) is 4.48. The summed E-state index contributed by atoms with van der Waals surface area (Å²) >= 11 is 0. The molecule has 3 aromatic rings. The number of benzene rings is 3. The Bertz CT molecular complexity index is 948. The van der Waals surface area contributed by atoms with Crippen LogP contribution in [-0.4, -0.2) is 35.3 Å². The summed E-state index contributed by atoms with van der Waals surface area (Å²) in [6.07, 6.45) is -1.25. The van der Waals surface area contributed by atoms with Crippen molar-refractivity contribution in [3.05, 3.63) is 96.1 Å². The molecule has 3 aromatic carbocycles. The number of hydrogen-bond acceptors (Lipinski definition) is 5. The van der Waals surface area contributed by atoms with E-state index in [0.717, 1.165) is 5.75 Å². The Balaban J connectivity index is 1.53. The Hall–Kier alpha value is -3.35. The van der Waals surface area contributed by atoms with E-state index in [2.05, 4.69) is 0 Å². The summed E-state index contributed by atoms with van der Waals surface area (Å²) in [6.45, 7) is 0.469. The van der Waals surface area contributed by atoms with Gasteiger partial charge in [-0.1, -0.05) is 48.5 Å². The fourth-order valence-electron chi connectivity index (χ4n) is 3.05. The van der Waals surface area contributed by atoms with Gasteiger partial charge in [-0.05, 0) is 36.4 Å². The minimum absolute atomic E-state index is 0.0956. The molecule has 148 valence electrons. The fraction of sp³-hybridized carbons (Fsp3) is 0.174. The second kappa shape index (κ2) is 8.77. The number of nitrogens with zero attached hydrogens (tertiary/aromatic N) is 1. The molecule has 2 atom stereocenters. The van der Waals surface area contributed by atoms with Gasteiger partial charge in [0.25, 0.3) is 5.91 Å². The van der Waals surface area contributed by atoms with Crippen LogP contribution in [0.3, 0.4) is 0 Å². The molecular formula is C23H21NO5. The first-order valence-corrected chi connectivity index (χ1v) is 9.35. The summed E-state index contributed by atoms with van der Waals surface area (Å²) in [5.74, 6) is 0.555. The maximum absolute atomic E-state index is 12.9. The number of hydrogen-bond donors (Lipinski definition) is 1. The molecule has 1 saturated heterocycles. The number of hydroxylamine groups is 2. The Labute approximate surface area is 168 Å². The van der Waals surface area contributed by atoms with E-state index in [0.29, 0.717) is 11.1 Å². The van der Waals surface area contributed by atoms with Crippen LogP contribution in [-0.2, 0) is 9.57 Å². The summed E-state index contributed by atoms with van der Waals surface area (Å²) in [5, 5.41) is 11.1. The Morgan fingerprint density at radius 1 is 1.00 bits per heavy atom. The molecule has 6 heteroatoms. The van der Waals surface area contributed by atoms with Crippen LogP contribution in [0.15, 0.2) is 84.9 Å². The number of rotatable bonds is 5. The molecule has 0 spiro atoms. The predicted octanol–water partition coefficient (Wildman–Crippen LogP) is 3.94. The van der Waals surface area contributed by atoms with E-state index in [9.17, 15) is 9.90 Å². The molecule has 1 amide bonds. The first-order chi connectivity index (χ1) is 14.2. The highest BCUT2D eigenvalue weighted by molar-refractivity contribution is 5.93. The molecule has 6 nitrogen and oxygen atoms in total. The van der Waals surface area contributed by atoms with Crippen LogP contribution in [0.1, 0.15) is 22.2 Å². The number of ether oxygens (including phenoxy) is 2. The molecule has 0 aliphatic carbocycles. The van der Waals surface area contributed by atoms with Crippen LogP contribution in [0.25, 0.3) is 0 Å². The number of phenolic OH excluding ortho intramolecular Hbond substituents is 1. The first-order valence-electron chi connectivity index (χ1n) is 9.35. The average molecular weight is 391 g/mol. The van der Waals surface area contributed by atoms with Crippen molar-refractivity contribution >= 4 is 5.91 Å². The van der Waals surface area contributed by atoms with Crippen LogP contribution in [0, 0.1) is 0 Å². The molecular weight excluding hydrogens is 370 g/mol. The van der Waals surface area contributed by atoms with Crippen LogP contribution >= 0.6 is 0 Å². The number of aromatic hydroxyl groups is 1. The van der Waals surface area contributed by atoms with Crippen molar-refractivity contribution in [2.24, 2.45) is 0 Å². The van der Waals surface area contributed by atoms with Crippen molar-refractivity contribution in [3.8, 4) is 11.5 Å². The highest BCUT2D eigenvalue weighted by atomic mass is 16.8. The fourth-order valence-corrected chi connectivity index (χ4v) is 3.05. The van der Waals surface area contributed by atoms with Gasteiger partial charge in [-0.15, -0.1) is 0 Å². The van der Waals surface area contributed by atoms with Crippen LogP contribution in [0.4, 0.5) is 0 Å². The van der Waals surface area contributed by atoms with E-state index in [-0.39, 0.29) is 24.8 Å². The summed E-state index contributed by atoms with van der Waals surface area (Å²) < 4.78 is 11.8. The first kappa shape index (κ1) is 19.0. The monoisotopic (exact) mass is 391 g/mol. The van der Waals surface area contributed by atoms with Crippen molar-refractivity contribution in [2.45, 2.75) is 12.4 Å². The summed E-state index contributed by atoms with van der Waals surface area (Å²) in [4.78, 5) is 18.7. The standard InChI is InChI=1S/C23H21NO5/c25-19-11-7-10-18(14-19)23-28-21(16-27-20-12-5-2-6-13-20)15-24(29-23)22(26)17-8-3-1-4-9-17/h1-14,21,23,25H,15-16H2. The highest BCUT2D eigenvalue weighted by Gasteiger charge is 2.34. The van der Waals surface area contributed by atoms with Crippen molar-refractivity contribution in [1.29, 1.82) is 0 Å². The molecule has 0 aromatic heterocycles. The molecule has 1 fully saturated rings. The Morgan fingerprint density at radius 2 is 1.72 bits per heavy atom. The molecule has 0 bridgehead atoms. The smallest absolute Gasteiger partial charge is 0.277 e. The highest BCUT2D eigenvalue weighted by Crippen LogP contribution is 2.30. The van der Waals surface area contributed by atoms with Gasteiger partial charge in [0.2, 0.25) is 6.29 Å². The van der Waals surface area contributed by atoms with Crippen molar-refractivity contribution in [3.63, 3.8) is 0 Å². The molecule has 1 heterocycles. The lowest BCUT2D eigenvalue weighted by molar-refractivity contribution is -0.325. The molecule has 2 unspecified atom stereocenters. The van der Waals surface area contributed by atoms with Gasteiger partial charge >= 0.3 is 0 Å². The van der Waals surface area contributed by atoms with Crippen LogP contribution in [0.5, 0.6) is 11.5 Å². The average Bonchev–Trinajstić information content (AvgIpc) is 2.78. The third kappa shape index (κ3) is 4.74. The molecule has 0 radical (unpaired) electrons. The second-order valence-electron chi connectivity index (χ2n) is 6.65. The maximum Gasteiger partial charge on any atom is 0.277 e. The number of phenols is 1. The molecule has 29 heavy (non-hydrogen) atoms. The lowest BCUT2D eigenvalue weighted by atomic mass is 10.2. The number of carbonyl (C=O) groups excluding carboxylic acids is 1. The van der Waals surface area contributed by atoms with Gasteiger partial charge in [0.05, 0.1) is 6.54 Å². The Morgan fingerprint density at radius 3 is 2.45 bits per heavy atom. The Kier molecular flexibility index (Phi) is 5.74. The van der Waals surface area contributed by atoms with Crippen molar-refractivity contribution in [2.75, 3.05) is 13.2 Å². The van der Waals surface area contributed by atoms with Gasteiger partial charge in [-0.3, -0.25) is 4.79 Å². The van der Waals surface area contributed by atoms with Crippen molar-refractivity contribution < 1.29 is 24.2 Å². The van der Waals surface area contributed by atoms with E-state index in [1.807, 2.05) is 36.4 Å². The quantitative estimate of drug-likeness (QED) is 0.713. The van der Waals surface area contributed by atoms with E-state index in [4.69, 9.17) is 14.3 Å². The molecule has 0 saturated carbocycles. The maximum atomic E-state index is 12.9. The zero-order chi connectivity index (χ0) is 20.1. The van der Waals surface area contributed by atoms with Gasteiger partial charge in [0, 0.05) is 11.1 Å². The van der Waals surface area contributed by atoms with Crippen LogP contribution in [0.2, 0.25) is 0 Å². The topological polar surface area (TPSA) is 68.2 Å². The summed E-state index contributed by atoms with van der Waals surface area (Å²) in [6, 6.07) is 24.9. The largest absolute Gasteiger partial charge is 0.508 e. The van der Waals surface area contributed by atoms with Gasteiger partial charge in [-0.2, -0.15) is 0 Å². The van der Waals surface area contributed by atoms with Gasteiger partial charge in [-0.25, -0.2) is 9.90 Å². The van der Waals surface area contributed by atoms with Gasteiger partial charge in [0.15, 0.2) is 0 Å². The van der Waals surface area contributed by atoms with Gasteiger partial charge < -0.3 is 14.6 Å².